The van der Waals surface area contributed by atoms with Crippen molar-refractivity contribution < 1.29 is 9.18 Å². The fraction of sp³-hybridized carbons (Fsp3) is 0.238. The minimum atomic E-state index is -0.649. The number of benzene rings is 1. The number of amides is 1. The van der Waals surface area contributed by atoms with E-state index >= 15 is 4.39 Å². The highest BCUT2D eigenvalue weighted by atomic mass is 35.5. The second-order valence-electron chi connectivity index (χ2n) is 7.00. The molecule has 0 aliphatic heterocycles. The maximum atomic E-state index is 15.2. The third-order valence-electron chi connectivity index (χ3n) is 4.30. The SMILES string of the molecule is Cc1cncc(-c2cc(=O)[nH]c(-c3c(Cl)ccc(CNC(=O)C(C)C)c3F)n2)c1. The van der Waals surface area contributed by atoms with Gasteiger partial charge in [-0.05, 0) is 24.6 Å². The normalized spacial score (nSPS) is 11.0. The molecule has 29 heavy (non-hydrogen) atoms. The number of pyridine rings is 1. The number of carbonyl (C=O) groups is 1. The summed E-state index contributed by atoms with van der Waals surface area (Å²) in [4.78, 5) is 35.0. The van der Waals surface area contributed by atoms with Gasteiger partial charge in [0.25, 0.3) is 5.56 Å². The summed E-state index contributed by atoms with van der Waals surface area (Å²) in [6.45, 7) is 5.37. The summed E-state index contributed by atoms with van der Waals surface area (Å²) in [6, 6.07) is 6.15. The zero-order chi connectivity index (χ0) is 21.1. The van der Waals surface area contributed by atoms with Crippen LogP contribution in [0.25, 0.3) is 22.6 Å². The standard InChI is InChI=1S/C21H20ClFN4O2/c1-11(2)21(29)25-10-13-4-5-15(22)18(19(13)23)20-26-16(7-17(28)27-20)14-6-12(3)8-24-9-14/h4-9,11H,10H2,1-3H3,(H,25,29)(H,26,27,28). The Bertz CT molecular complexity index is 1130. The summed E-state index contributed by atoms with van der Waals surface area (Å²) in [5.41, 5.74) is 1.66. The van der Waals surface area contributed by atoms with Crippen LogP contribution in [-0.2, 0) is 11.3 Å². The lowest BCUT2D eigenvalue weighted by Gasteiger charge is -2.13. The molecule has 2 aromatic heterocycles. The predicted octanol–water partition coefficient (Wildman–Crippen LogP) is 3.87. The Kier molecular flexibility index (Phi) is 6.08. The third-order valence-corrected chi connectivity index (χ3v) is 4.61. The molecule has 0 fully saturated rings. The molecule has 0 bridgehead atoms. The molecule has 1 amide bonds. The van der Waals surface area contributed by atoms with Crippen molar-refractivity contribution in [3.05, 3.63) is 69.0 Å². The van der Waals surface area contributed by atoms with E-state index < -0.39 is 11.4 Å². The first-order valence-electron chi connectivity index (χ1n) is 9.04. The van der Waals surface area contributed by atoms with Gasteiger partial charge in [0.15, 0.2) is 0 Å². The number of carbonyl (C=O) groups excluding carboxylic acids is 1. The van der Waals surface area contributed by atoms with E-state index in [9.17, 15) is 9.59 Å². The molecule has 0 spiro atoms. The van der Waals surface area contributed by atoms with Crippen LogP contribution in [0.2, 0.25) is 5.02 Å². The molecule has 1 aromatic carbocycles. The van der Waals surface area contributed by atoms with Crippen molar-refractivity contribution in [1.82, 2.24) is 20.3 Å². The van der Waals surface area contributed by atoms with Crippen LogP contribution >= 0.6 is 11.6 Å². The van der Waals surface area contributed by atoms with Crippen LogP contribution in [0, 0.1) is 18.7 Å². The van der Waals surface area contributed by atoms with Crippen LogP contribution < -0.4 is 10.9 Å². The van der Waals surface area contributed by atoms with Crippen LogP contribution in [0.4, 0.5) is 4.39 Å². The molecule has 3 aromatic rings. The average Bonchev–Trinajstić information content (AvgIpc) is 2.66. The van der Waals surface area contributed by atoms with Gasteiger partial charge < -0.3 is 10.3 Å². The van der Waals surface area contributed by atoms with Crippen molar-refractivity contribution in [3.8, 4) is 22.6 Å². The van der Waals surface area contributed by atoms with Crippen LogP contribution in [0.15, 0.2) is 41.5 Å². The lowest BCUT2D eigenvalue weighted by atomic mass is 10.1. The van der Waals surface area contributed by atoms with Gasteiger partial charge in [-0.15, -0.1) is 0 Å². The van der Waals surface area contributed by atoms with Crippen molar-refractivity contribution in [3.63, 3.8) is 0 Å². The molecule has 6 nitrogen and oxygen atoms in total. The Morgan fingerprint density at radius 3 is 2.72 bits per heavy atom. The van der Waals surface area contributed by atoms with Gasteiger partial charge in [0.05, 0.1) is 16.3 Å². The number of nitrogens with zero attached hydrogens (tertiary/aromatic N) is 2. The summed E-state index contributed by atoms with van der Waals surface area (Å²) >= 11 is 6.22. The fourth-order valence-corrected chi connectivity index (χ4v) is 2.99. The smallest absolute Gasteiger partial charge is 0.251 e. The summed E-state index contributed by atoms with van der Waals surface area (Å²) in [7, 11) is 0. The molecular formula is C21H20ClFN4O2. The highest BCUT2D eigenvalue weighted by Gasteiger charge is 2.18. The minimum absolute atomic E-state index is 0.00125. The first-order valence-corrected chi connectivity index (χ1v) is 9.42. The Labute approximate surface area is 172 Å². The van der Waals surface area contributed by atoms with Crippen molar-refractivity contribution in [2.45, 2.75) is 27.3 Å². The monoisotopic (exact) mass is 414 g/mol. The number of hydrogen-bond donors (Lipinski definition) is 2. The highest BCUT2D eigenvalue weighted by molar-refractivity contribution is 6.33. The minimum Gasteiger partial charge on any atom is -0.352 e. The first-order chi connectivity index (χ1) is 13.8. The molecular weight excluding hydrogens is 395 g/mol. The Morgan fingerprint density at radius 2 is 2.03 bits per heavy atom. The van der Waals surface area contributed by atoms with Gasteiger partial charge in [-0.3, -0.25) is 14.6 Å². The molecule has 150 valence electrons. The van der Waals surface area contributed by atoms with Crippen molar-refractivity contribution in [2.75, 3.05) is 0 Å². The molecule has 0 radical (unpaired) electrons. The number of halogens is 2. The van der Waals surface area contributed by atoms with Gasteiger partial charge in [0.1, 0.15) is 11.6 Å². The van der Waals surface area contributed by atoms with Crippen LogP contribution in [0.1, 0.15) is 25.0 Å². The lowest BCUT2D eigenvalue weighted by Crippen LogP contribution is -2.27. The van der Waals surface area contributed by atoms with E-state index in [1.165, 1.54) is 18.2 Å². The summed E-state index contributed by atoms with van der Waals surface area (Å²) in [6.07, 6.45) is 3.26. The van der Waals surface area contributed by atoms with E-state index in [2.05, 4.69) is 20.3 Å². The van der Waals surface area contributed by atoms with E-state index in [-0.39, 0.29) is 40.3 Å². The van der Waals surface area contributed by atoms with Gasteiger partial charge >= 0.3 is 0 Å². The van der Waals surface area contributed by atoms with E-state index in [0.29, 0.717) is 11.3 Å². The van der Waals surface area contributed by atoms with Gasteiger partial charge in [0, 0.05) is 42.0 Å². The number of aromatic amines is 1. The Morgan fingerprint density at radius 1 is 1.28 bits per heavy atom. The molecule has 0 unspecified atom stereocenters. The van der Waals surface area contributed by atoms with Crippen molar-refractivity contribution >= 4 is 17.5 Å². The predicted molar refractivity (Wildman–Crippen MR) is 110 cm³/mol. The number of aromatic nitrogens is 3. The summed E-state index contributed by atoms with van der Waals surface area (Å²) < 4.78 is 15.2. The number of hydrogen-bond acceptors (Lipinski definition) is 4. The van der Waals surface area contributed by atoms with E-state index in [0.717, 1.165) is 5.56 Å². The van der Waals surface area contributed by atoms with Gasteiger partial charge in [-0.25, -0.2) is 9.37 Å². The topological polar surface area (TPSA) is 87.7 Å². The fourth-order valence-electron chi connectivity index (χ4n) is 2.75. The number of rotatable bonds is 5. The van der Waals surface area contributed by atoms with E-state index in [1.807, 2.05) is 13.0 Å². The molecule has 0 aliphatic carbocycles. The molecule has 3 rings (SSSR count). The second kappa shape index (κ2) is 8.53. The van der Waals surface area contributed by atoms with Gasteiger partial charge in [-0.2, -0.15) is 0 Å². The molecule has 0 aliphatic rings. The second-order valence-corrected chi connectivity index (χ2v) is 7.41. The number of H-pyrrole nitrogens is 1. The molecule has 2 N–H and O–H groups in total. The van der Waals surface area contributed by atoms with Crippen LogP contribution in [0.3, 0.4) is 0 Å². The van der Waals surface area contributed by atoms with Crippen molar-refractivity contribution in [1.29, 1.82) is 0 Å². The zero-order valence-corrected chi connectivity index (χ0v) is 17.0. The van der Waals surface area contributed by atoms with Crippen LogP contribution in [-0.4, -0.2) is 20.9 Å². The number of nitrogens with one attached hydrogen (secondary N) is 2. The van der Waals surface area contributed by atoms with E-state index in [4.69, 9.17) is 11.6 Å². The van der Waals surface area contributed by atoms with Crippen molar-refractivity contribution in [2.24, 2.45) is 5.92 Å². The first kappa shape index (κ1) is 20.7. The summed E-state index contributed by atoms with van der Waals surface area (Å²) in [5, 5.41) is 2.77. The molecule has 8 heteroatoms. The average molecular weight is 415 g/mol. The Balaban J connectivity index is 2.05. The maximum Gasteiger partial charge on any atom is 0.251 e. The largest absolute Gasteiger partial charge is 0.352 e. The quantitative estimate of drug-likeness (QED) is 0.663. The third kappa shape index (κ3) is 4.68. The lowest BCUT2D eigenvalue weighted by molar-refractivity contribution is -0.124. The molecule has 0 saturated carbocycles. The highest BCUT2D eigenvalue weighted by Crippen LogP contribution is 2.31. The molecule has 0 atom stereocenters. The maximum absolute atomic E-state index is 15.2. The molecule has 2 heterocycles. The van der Waals surface area contributed by atoms with E-state index in [1.54, 1.807) is 26.2 Å². The van der Waals surface area contributed by atoms with Gasteiger partial charge in [-0.1, -0.05) is 31.5 Å². The summed E-state index contributed by atoms with van der Waals surface area (Å²) in [5.74, 6) is -1.05. The molecule has 0 saturated heterocycles. The number of aryl methyl sites for hydroxylation is 1. The van der Waals surface area contributed by atoms with Gasteiger partial charge in [0.2, 0.25) is 5.91 Å². The van der Waals surface area contributed by atoms with Crippen LogP contribution in [0.5, 0.6) is 0 Å². The zero-order valence-electron chi connectivity index (χ0n) is 16.2. The Hall–Kier alpha value is -3.06.